The standard InChI is InChI=1S/C17H21NO3S/c1-14-5-3-4-6-15(14)13-18-11-12-21-16-7-9-17(10-8-16)22(2,19)20/h3-10,18H,11-13H2,1-2H3. The molecule has 0 amide bonds. The summed E-state index contributed by atoms with van der Waals surface area (Å²) in [5.74, 6) is 0.671. The van der Waals surface area contributed by atoms with Crippen molar-refractivity contribution in [2.45, 2.75) is 18.4 Å². The molecular weight excluding hydrogens is 298 g/mol. The Morgan fingerprint density at radius 2 is 1.73 bits per heavy atom. The molecule has 4 nitrogen and oxygen atoms in total. The maximum Gasteiger partial charge on any atom is 0.175 e. The third-order valence-electron chi connectivity index (χ3n) is 3.38. The molecule has 0 bridgehead atoms. The van der Waals surface area contributed by atoms with Crippen molar-refractivity contribution in [1.82, 2.24) is 5.32 Å². The van der Waals surface area contributed by atoms with Crippen molar-refractivity contribution in [3.63, 3.8) is 0 Å². The summed E-state index contributed by atoms with van der Waals surface area (Å²) in [6.07, 6.45) is 1.19. The van der Waals surface area contributed by atoms with Gasteiger partial charge in [0.25, 0.3) is 0 Å². The molecule has 5 heteroatoms. The predicted octanol–water partition coefficient (Wildman–Crippen LogP) is 2.57. The van der Waals surface area contributed by atoms with Crippen molar-refractivity contribution in [2.75, 3.05) is 19.4 Å². The zero-order chi connectivity index (χ0) is 16.0. The van der Waals surface area contributed by atoms with Gasteiger partial charge in [-0.25, -0.2) is 8.42 Å². The molecule has 0 unspecified atom stereocenters. The molecule has 0 radical (unpaired) electrons. The first-order chi connectivity index (χ1) is 10.5. The normalized spacial score (nSPS) is 11.4. The zero-order valence-electron chi connectivity index (χ0n) is 12.9. The molecule has 0 aromatic heterocycles. The molecule has 2 aromatic rings. The second-order valence-corrected chi connectivity index (χ2v) is 7.21. The second-order valence-electron chi connectivity index (χ2n) is 5.20. The molecule has 0 atom stereocenters. The van der Waals surface area contributed by atoms with E-state index < -0.39 is 9.84 Å². The van der Waals surface area contributed by atoms with Crippen LogP contribution in [-0.4, -0.2) is 27.8 Å². The van der Waals surface area contributed by atoms with Crippen LogP contribution >= 0.6 is 0 Å². The quantitative estimate of drug-likeness (QED) is 0.797. The van der Waals surface area contributed by atoms with Crippen LogP contribution in [0.5, 0.6) is 5.75 Å². The number of rotatable bonds is 7. The summed E-state index contributed by atoms with van der Waals surface area (Å²) in [4.78, 5) is 0.303. The molecule has 0 aliphatic heterocycles. The van der Waals surface area contributed by atoms with Gasteiger partial charge >= 0.3 is 0 Å². The van der Waals surface area contributed by atoms with Gasteiger partial charge in [-0.3, -0.25) is 0 Å². The maximum absolute atomic E-state index is 11.4. The summed E-state index contributed by atoms with van der Waals surface area (Å²) in [7, 11) is -3.15. The minimum atomic E-state index is -3.15. The summed E-state index contributed by atoms with van der Waals surface area (Å²) in [5.41, 5.74) is 2.55. The Labute approximate surface area is 132 Å². The summed E-state index contributed by atoms with van der Waals surface area (Å²) in [6.45, 7) is 4.16. The number of hydrogen-bond donors (Lipinski definition) is 1. The third kappa shape index (κ3) is 4.86. The maximum atomic E-state index is 11.4. The van der Waals surface area contributed by atoms with Gasteiger partial charge in [0.1, 0.15) is 12.4 Å². The fourth-order valence-electron chi connectivity index (χ4n) is 2.06. The number of nitrogens with one attached hydrogen (secondary N) is 1. The molecule has 0 aliphatic carbocycles. The molecular formula is C17H21NO3S. The smallest absolute Gasteiger partial charge is 0.175 e. The van der Waals surface area contributed by atoms with Crippen LogP contribution in [0.25, 0.3) is 0 Å². The highest BCUT2D eigenvalue weighted by Gasteiger charge is 2.06. The fraction of sp³-hybridized carbons (Fsp3) is 0.294. The minimum absolute atomic E-state index is 0.303. The van der Waals surface area contributed by atoms with Crippen LogP contribution in [0.4, 0.5) is 0 Å². The Balaban J connectivity index is 1.74. The monoisotopic (exact) mass is 319 g/mol. The Hall–Kier alpha value is -1.85. The molecule has 0 fully saturated rings. The van der Waals surface area contributed by atoms with E-state index in [2.05, 4.69) is 24.4 Å². The molecule has 0 heterocycles. The number of aryl methyl sites for hydroxylation is 1. The highest BCUT2D eigenvalue weighted by Crippen LogP contribution is 2.15. The van der Waals surface area contributed by atoms with E-state index in [1.165, 1.54) is 17.4 Å². The average Bonchev–Trinajstić information content (AvgIpc) is 2.48. The van der Waals surface area contributed by atoms with E-state index in [0.717, 1.165) is 13.1 Å². The van der Waals surface area contributed by atoms with Crippen molar-refractivity contribution < 1.29 is 13.2 Å². The lowest BCUT2D eigenvalue weighted by Gasteiger charge is -2.09. The van der Waals surface area contributed by atoms with Crippen LogP contribution in [0.3, 0.4) is 0 Å². The highest BCUT2D eigenvalue weighted by molar-refractivity contribution is 7.90. The molecule has 2 rings (SSSR count). The van der Waals surface area contributed by atoms with E-state index in [1.54, 1.807) is 24.3 Å². The third-order valence-corrected chi connectivity index (χ3v) is 4.50. The van der Waals surface area contributed by atoms with Crippen LogP contribution in [-0.2, 0) is 16.4 Å². The van der Waals surface area contributed by atoms with Crippen molar-refractivity contribution >= 4 is 9.84 Å². The van der Waals surface area contributed by atoms with Crippen molar-refractivity contribution in [3.05, 3.63) is 59.7 Å². The summed E-state index contributed by atoms with van der Waals surface area (Å²) in [5, 5.41) is 3.33. The topological polar surface area (TPSA) is 55.4 Å². The number of sulfone groups is 1. The first-order valence-corrected chi connectivity index (χ1v) is 9.04. The van der Waals surface area contributed by atoms with Crippen molar-refractivity contribution in [3.8, 4) is 5.75 Å². The van der Waals surface area contributed by atoms with Crippen LogP contribution < -0.4 is 10.1 Å². The number of benzene rings is 2. The molecule has 0 spiro atoms. The van der Waals surface area contributed by atoms with E-state index in [0.29, 0.717) is 17.3 Å². The zero-order valence-corrected chi connectivity index (χ0v) is 13.7. The van der Waals surface area contributed by atoms with E-state index in [1.807, 2.05) is 12.1 Å². The SMILES string of the molecule is Cc1ccccc1CNCCOc1ccc(S(C)(=O)=O)cc1. The summed E-state index contributed by atoms with van der Waals surface area (Å²) in [6, 6.07) is 14.7. The van der Waals surface area contributed by atoms with Gasteiger partial charge < -0.3 is 10.1 Å². The Morgan fingerprint density at radius 1 is 1.05 bits per heavy atom. The number of hydrogen-bond acceptors (Lipinski definition) is 4. The second kappa shape index (κ2) is 7.42. The van der Waals surface area contributed by atoms with Gasteiger partial charge in [-0.2, -0.15) is 0 Å². The van der Waals surface area contributed by atoms with E-state index in [4.69, 9.17) is 4.74 Å². The largest absolute Gasteiger partial charge is 0.492 e. The lowest BCUT2D eigenvalue weighted by Crippen LogP contribution is -2.21. The predicted molar refractivity (Wildman–Crippen MR) is 87.9 cm³/mol. The van der Waals surface area contributed by atoms with Crippen molar-refractivity contribution in [1.29, 1.82) is 0 Å². The first-order valence-electron chi connectivity index (χ1n) is 7.15. The molecule has 0 aliphatic rings. The van der Waals surface area contributed by atoms with Crippen LogP contribution in [0.2, 0.25) is 0 Å². The van der Waals surface area contributed by atoms with Crippen LogP contribution in [0, 0.1) is 6.92 Å². The summed E-state index contributed by atoms with van der Waals surface area (Å²) >= 11 is 0. The Kier molecular flexibility index (Phi) is 5.57. The molecule has 22 heavy (non-hydrogen) atoms. The lowest BCUT2D eigenvalue weighted by molar-refractivity contribution is 0.313. The first kappa shape index (κ1) is 16.5. The fourth-order valence-corrected chi connectivity index (χ4v) is 2.69. The molecule has 118 valence electrons. The summed E-state index contributed by atoms with van der Waals surface area (Å²) < 4.78 is 28.3. The Bertz CT molecular complexity index is 709. The Morgan fingerprint density at radius 3 is 2.36 bits per heavy atom. The van der Waals surface area contributed by atoms with Gasteiger partial charge in [0.05, 0.1) is 4.90 Å². The minimum Gasteiger partial charge on any atom is -0.492 e. The van der Waals surface area contributed by atoms with Gasteiger partial charge in [0.15, 0.2) is 9.84 Å². The van der Waals surface area contributed by atoms with Gasteiger partial charge in [0.2, 0.25) is 0 Å². The van der Waals surface area contributed by atoms with Gasteiger partial charge in [-0.1, -0.05) is 24.3 Å². The van der Waals surface area contributed by atoms with E-state index in [-0.39, 0.29) is 0 Å². The van der Waals surface area contributed by atoms with Crippen LogP contribution in [0.15, 0.2) is 53.4 Å². The molecule has 0 saturated carbocycles. The van der Waals surface area contributed by atoms with E-state index >= 15 is 0 Å². The average molecular weight is 319 g/mol. The number of ether oxygens (including phenoxy) is 1. The van der Waals surface area contributed by atoms with Gasteiger partial charge in [-0.05, 0) is 42.3 Å². The van der Waals surface area contributed by atoms with Gasteiger partial charge in [-0.15, -0.1) is 0 Å². The lowest BCUT2D eigenvalue weighted by atomic mass is 10.1. The van der Waals surface area contributed by atoms with Crippen LogP contribution in [0.1, 0.15) is 11.1 Å². The van der Waals surface area contributed by atoms with Gasteiger partial charge in [0, 0.05) is 19.3 Å². The molecule has 1 N–H and O–H groups in total. The highest BCUT2D eigenvalue weighted by atomic mass is 32.2. The van der Waals surface area contributed by atoms with Crippen molar-refractivity contribution in [2.24, 2.45) is 0 Å². The molecule has 2 aromatic carbocycles. The van der Waals surface area contributed by atoms with E-state index in [9.17, 15) is 8.42 Å². The molecule has 0 saturated heterocycles.